The van der Waals surface area contributed by atoms with Crippen LogP contribution in [0.1, 0.15) is 59.5 Å². The zero-order chi connectivity index (χ0) is 19.7. The van der Waals surface area contributed by atoms with Crippen LogP contribution in [0.4, 0.5) is 0 Å². The van der Waals surface area contributed by atoms with Gasteiger partial charge in [0.2, 0.25) is 0 Å². The lowest BCUT2D eigenvalue weighted by Crippen LogP contribution is -2.53. The molecule has 0 aliphatic heterocycles. The van der Waals surface area contributed by atoms with E-state index in [2.05, 4.69) is 10.5 Å². The maximum Gasteiger partial charge on any atom is 0.255 e. The van der Waals surface area contributed by atoms with Gasteiger partial charge >= 0.3 is 0 Å². The summed E-state index contributed by atoms with van der Waals surface area (Å²) in [4.78, 5) is 13.1. The molecule has 2 aliphatic carbocycles. The van der Waals surface area contributed by atoms with Crippen molar-refractivity contribution in [3.63, 3.8) is 0 Å². The number of fused-ring (bicyclic) bond motifs is 2. The minimum Gasteiger partial charge on any atom is -0.488 e. The Labute approximate surface area is 178 Å². The van der Waals surface area contributed by atoms with E-state index >= 15 is 0 Å². The summed E-state index contributed by atoms with van der Waals surface area (Å²) in [5, 5.41) is 7.27. The SMILES string of the molecule is Cc1noc(C)c1COc1ccccc1C(=O)NC1C2CCCC1CC(N)C2.Cl. The van der Waals surface area contributed by atoms with Crippen molar-refractivity contribution in [2.24, 2.45) is 17.6 Å². The predicted octanol–water partition coefficient (Wildman–Crippen LogP) is 3.93. The number of aromatic nitrogens is 1. The van der Waals surface area contributed by atoms with Crippen LogP contribution in [-0.4, -0.2) is 23.1 Å². The lowest BCUT2D eigenvalue weighted by Gasteiger charge is -2.45. The maximum atomic E-state index is 13.1. The number of halogens is 1. The Balaban J connectivity index is 0.00000240. The molecule has 0 spiro atoms. The van der Waals surface area contributed by atoms with Gasteiger partial charge in [-0.1, -0.05) is 23.7 Å². The highest BCUT2D eigenvalue weighted by molar-refractivity contribution is 5.97. The summed E-state index contributed by atoms with van der Waals surface area (Å²) < 4.78 is 11.2. The van der Waals surface area contributed by atoms with Crippen LogP contribution < -0.4 is 15.8 Å². The number of amides is 1. The van der Waals surface area contributed by atoms with E-state index in [1.807, 2.05) is 38.1 Å². The van der Waals surface area contributed by atoms with Crippen LogP contribution in [0.3, 0.4) is 0 Å². The molecule has 2 aliphatic rings. The average molecular weight is 420 g/mol. The molecule has 4 rings (SSSR count). The molecule has 0 saturated heterocycles. The summed E-state index contributed by atoms with van der Waals surface area (Å²) in [5.41, 5.74) is 8.52. The van der Waals surface area contributed by atoms with E-state index in [0.29, 0.717) is 29.8 Å². The van der Waals surface area contributed by atoms with Gasteiger partial charge in [0, 0.05) is 12.1 Å². The molecule has 1 aromatic carbocycles. The quantitative estimate of drug-likeness (QED) is 0.766. The molecule has 1 amide bonds. The number of carbonyl (C=O) groups excluding carboxylic acids is 1. The van der Waals surface area contributed by atoms with Crippen LogP contribution in [0.5, 0.6) is 5.75 Å². The molecule has 6 nitrogen and oxygen atoms in total. The van der Waals surface area contributed by atoms with Crippen molar-refractivity contribution in [1.82, 2.24) is 10.5 Å². The van der Waals surface area contributed by atoms with Crippen LogP contribution in [0.25, 0.3) is 0 Å². The Morgan fingerprint density at radius 2 is 1.93 bits per heavy atom. The predicted molar refractivity (Wildman–Crippen MR) is 113 cm³/mol. The van der Waals surface area contributed by atoms with E-state index in [9.17, 15) is 4.79 Å². The van der Waals surface area contributed by atoms with Gasteiger partial charge < -0.3 is 20.3 Å². The molecule has 2 atom stereocenters. The smallest absolute Gasteiger partial charge is 0.255 e. The Morgan fingerprint density at radius 1 is 1.24 bits per heavy atom. The molecule has 1 heterocycles. The minimum atomic E-state index is -0.0632. The fourth-order valence-electron chi connectivity index (χ4n) is 4.89. The van der Waals surface area contributed by atoms with E-state index < -0.39 is 0 Å². The molecule has 2 bridgehead atoms. The van der Waals surface area contributed by atoms with Crippen LogP contribution >= 0.6 is 12.4 Å². The zero-order valence-corrected chi connectivity index (χ0v) is 17.8. The number of carbonyl (C=O) groups is 1. The van der Waals surface area contributed by atoms with Crippen molar-refractivity contribution >= 4 is 18.3 Å². The average Bonchev–Trinajstić information content (AvgIpc) is 2.99. The maximum absolute atomic E-state index is 13.1. The number of aryl methyl sites for hydroxylation is 2. The second kappa shape index (κ2) is 9.18. The number of benzene rings is 1. The Kier molecular flexibility index (Phi) is 6.85. The van der Waals surface area contributed by atoms with Crippen LogP contribution in [0.2, 0.25) is 0 Å². The summed E-state index contributed by atoms with van der Waals surface area (Å²) in [6, 6.07) is 7.90. The van der Waals surface area contributed by atoms with Crippen molar-refractivity contribution in [2.45, 2.75) is 64.6 Å². The van der Waals surface area contributed by atoms with Crippen molar-refractivity contribution in [1.29, 1.82) is 0 Å². The van der Waals surface area contributed by atoms with Crippen LogP contribution in [0, 0.1) is 25.7 Å². The fourth-order valence-corrected chi connectivity index (χ4v) is 4.89. The molecule has 29 heavy (non-hydrogen) atoms. The third kappa shape index (κ3) is 4.59. The van der Waals surface area contributed by atoms with Crippen molar-refractivity contribution < 1.29 is 14.1 Å². The number of nitrogens with zero attached hydrogens (tertiary/aromatic N) is 1. The van der Waals surface area contributed by atoms with Gasteiger partial charge in [-0.3, -0.25) is 4.79 Å². The summed E-state index contributed by atoms with van der Waals surface area (Å²) >= 11 is 0. The van der Waals surface area contributed by atoms with Crippen LogP contribution in [0.15, 0.2) is 28.8 Å². The van der Waals surface area contributed by atoms with E-state index in [0.717, 1.165) is 42.7 Å². The monoisotopic (exact) mass is 419 g/mol. The van der Waals surface area contributed by atoms with E-state index in [-0.39, 0.29) is 30.4 Å². The van der Waals surface area contributed by atoms with Crippen molar-refractivity contribution in [3.05, 3.63) is 46.8 Å². The molecule has 2 unspecified atom stereocenters. The number of hydrogen-bond donors (Lipinski definition) is 2. The molecule has 2 saturated carbocycles. The topological polar surface area (TPSA) is 90.4 Å². The third-order valence-corrected chi connectivity index (χ3v) is 6.36. The Morgan fingerprint density at radius 3 is 2.59 bits per heavy atom. The first-order valence-electron chi connectivity index (χ1n) is 10.2. The van der Waals surface area contributed by atoms with Crippen molar-refractivity contribution in [3.8, 4) is 5.75 Å². The van der Waals surface area contributed by atoms with Gasteiger partial charge in [0.05, 0.1) is 16.8 Å². The lowest BCUT2D eigenvalue weighted by molar-refractivity contribution is 0.0752. The molecule has 0 radical (unpaired) electrons. The van der Waals surface area contributed by atoms with Gasteiger partial charge in [0.15, 0.2) is 0 Å². The largest absolute Gasteiger partial charge is 0.488 e. The Bertz CT molecular complexity index is 820. The normalized spacial score (nSPS) is 25.8. The minimum absolute atomic E-state index is 0. The first kappa shape index (κ1) is 21.7. The highest BCUT2D eigenvalue weighted by Crippen LogP contribution is 2.40. The highest BCUT2D eigenvalue weighted by Gasteiger charge is 2.40. The highest BCUT2D eigenvalue weighted by atomic mass is 35.5. The van der Waals surface area contributed by atoms with E-state index in [1.54, 1.807) is 0 Å². The third-order valence-electron chi connectivity index (χ3n) is 6.36. The lowest BCUT2D eigenvalue weighted by atomic mass is 9.67. The summed E-state index contributed by atoms with van der Waals surface area (Å²) in [5.74, 6) is 2.24. The number of ether oxygens (including phenoxy) is 1. The second-order valence-corrected chi connectivity index (χ2v) is 8.27. The molecular formula is C22H30ClN3O3. The molecule has 158 valence electrons. The molecule has 7 heteroatoms. The second-order valence-electron chi connectivity index (χ2n) is 8.27. The number of para-hydroxylation sites is 1. The molecule has 2 fully saturated rings. The van der Waals surface area contributed by atoms with Crippen LogP contribution in [-0.2, 0) is 6.61 Å². The van der Waals surface area contributed by atoms with Gasteiger partial charge in [0.25, 0.3) is 5.91 Å². The Hall–Kier alpha value is -2.05. The summed E-state index contributed by atoms with van der Waals surface area (Å²) in [7, 11) is 0. The fraction of sp³-hybridized carbons (Fsp3) is 0.545. The molecule has 2 aromatic rings. The van der Waals surface area contributed by atoms with E-state index in [4.69, 9.17) is 15.0 Å². The van der Waals surface area contributed by atoms with E-state index in [1.165, 1.54) is 6.42 Å². The zero-order valence-electron chi connectivity index (χ0n) is 17.0. The molecular weight excluding hydrogens is 390 g/mol. The number of hydrogen-bond acceptors (Lipinski definition) is 5. The van der Waals surface area contributed by atoms with Crippen molar-refractivity contribution in [2.75, 3.05) is 0 Å². The van der Waals surface area contributed by atoms with Gasteiger partial charge in [-0.2, -0.15) is 0 Å². The van der Waals surface area contributed by atoms with Gasteiger partial charge in [-0.25, -0.2) is 0 Å². The number of nitrogens with one attached hydrogen (secondary N) is 1. The molecule has 3 N–H and O–H groups in total. The standard InChI is InChI=1S/C22H29N3O3.ClH/c1-13-19(14(2)28-25-13)12-27-20-9-4-3-8-18(20)22(26)24-21-15-6-5-7-16(21)11-17(23)10-15;/h3-4,8-9,15-17,21H,5-7,10-12,23H2,1-2H3,(H,24,26);1H. The summed E-state index contributed by atoms with van der Waals surface area (Å²) in [6.45, 7) is 4.08. The van der Waals surface area contributed by atoms with Gasteiger partial charge in [-0.05, 0) is 63.5 Å². The van der Waals surface area contributed by atoms with Gasteiger partial charge in [0.1, 0.15) is 18.1 Å². The summed E-state index contributed by atoms with van der Waals surface area (Å²) in [6.07, 6.45) is 5.56. The first-order chi connectivity index (χ1) is 13.5. The molecule has 1 aromatic heterocycles. The first-order valence-corrected chi connectivity index (χ1v) is 10.2. The van der Waals surface area contributed by atoms with Gasteiger partial charge in [-0.15, -0.1) is 12.4 Å². The number of nitrogens with two attached hydrogens (primary N) is 1. The number of rotatable bonds is 5.